The van der Waals surface area contributed by atoms with Gasteiger partial charge in [-0.15, -0.1) is 0 Å². The highest BCUT2D eigenvalue weighted by molar-refractivity contribution is 7.80. The van der Waals surface area contributed by atoms with Gasteiger partial charge in [-0.2, -0.15) is 0 Å². The van der Waals surface area contributed by atoms with E-state index in [1.54, 1.807) is 61.5 Å². The minimum absolute atomic E-state index is 0.155. The third-order valence-electron chi connectivity index (χ3n) is 4.36. The van der Waals surface area contributed by atoms with Gasteiger partial charge in [0.15, 0.2) is 5.11 Å². The van der Waals surface area contributed by atoms with Crippen LogP contribution in [0.4, 0.5) is 5.69 Å². The van der Waals surface area contributed by atoms with Gasteiger partial charge in [0.05, 0.1) is 6.42 Å². The van der Waals surface area contributed by atoms with Crippen LogP contribution >= 0.6 is 23.8 Å². The molecule has 2 N–H and O–H groups in total. The number of benzene rings is 2. The number of rotatable bonds is 6. The van der Waals surface area contributed by atoms with Gasteiger partial charge in [0, 0.05) is 22.8 Å². The summed E-state index contributed by atoms with van der Waals surface area (Å²) >= 11 is 11.3. The van der Waals surface area contributed by atoms with E-state index in [0.29, 0.717) is 22.8 Å². The average Bonchev–Trinajstić information content (AvgIpc) is 2.92. The number of carbonyl (C=O) groups excluding carboxylic acids is 3. The Morgan fingerprint density at radius 2 is 1.86 bits per heavy atom. The van der Waals surface area contributed by atoms with Crippen LogP contribution in [0, 0.1) is 0 Å². The number of thiocarbonyl (C=S) groups is 1. The van der Waals surface area contributed by atoms with Gasteiger partial charge in [-0.25, -0.2) is 5.01 Å². The summed E-state index contributed by atoms with van der Waals surface area (Å²) < 4.78 is 0. The Labute approximate surface area is 178 Å². The number of halogens is 1. The van der Waals surface area contributed by atoms with Crippen LogP contribution in [0.25, 0.3) is 0 Å². The van der Waals surface area contributed by atoms with Crippen molar-refractivity contribution in [3.05, 3.63) is 65.2 Å². The van der Waals surface area contributed by atoms with Crippen molar-refractivity contribution in [2.45, 2.75) is 19.4 Å². The maximum atomic E-state index is 12.8. The fourth-order valence-corrected chi connectivity index (χ4v) is 3.54. The summed E-state index contributed by atoms with van der Waals surface area (Å²) in [7, 11) is 0. The number of carbonyl (C=O) groups is 3. The molecule has 9 heteroatoms. The van der Waals surface area contributed by atoms with Gasteiger partial charge >= 0.3 is 0 Å². The zero-order chi connectivity index (χ0) is 21.0. The highest BCUT2D eigenvalue weighted by atomic mass is 35.5. The van der Waals surface area contributed by atoms with E-state index >= 15 is 0 Å². The first-order valence-corrected chi connectivity index (χ1v) is 9.75. The van der Waals surface area contributed by atoms with Crippen molar-refractivity contribution in [2.75, 3.05) is 11.9 Å². The first kappa shape index (κ1) is 20.8. The van der Waals surface area contributed by atoms with Gasteiger partial charge in [0.2, 0.25) is 5.91 Å². The quantitative estimate of drug-likeness (QED) is 0.689. The maximum absolute atomic E-state index is 12.8. The van der Waals surface area contributed by atoms with Crippen molar-refractivity contribution in [3.63, 3.8) is 0 Å². The lowest BCUT2D eigenvalue weighted by Crippen LogP contribution is -2.49. The SMILES string of the molecule is CCN1C(=O)C(CC(=O)Nc2cccc(Cl)c2)N(NC(=O)c2ccccc2)C1=S. The molecular formula is C20H19ClN4O3S. The van der Waals surface area contributed by atoms with Crippen molar-refractivity contribution in [3.8, 4) is 0 Å². The average molecular weight is 431 g/mol. The lowest BCUT2D eigenvalue weighted by molar-refractivity contribution is -0.130. The molecule has 1 aliphatic rings. The zero-order valence-electron chi connectivity index (χ0n) is 15.6. The van der Waals surface area contributed by atoms with Crippen molar-refractivity contribution < 1.29 is 14.4 Å². The predicted molar refractivity (Wildman–Crippen MR) is 114 cm³/mol. The Hall–Kier alpha value is -2.97. The highest BCUT2D eigenvalue weighted by Gasteiger charge is 2.43. The molecule has 7 nitrogen and oxygen atoms in total. The zero-order valence-corrected chi connectivity index (χ0v) is 17.2. The largest absolute Gasteiger partial charge is 0.326 e. The summed E-state index contributed by atoms with van der Waals surface area (Å²) in [5, 5.41) is 4.63. The van der Waals surface area contributed by atoms with Crippen LogP contribution in [0.1, 0.15) is 23.7 Å². The summed E-state index contributed by atoms with van der Waals surface area (Å²) in [4.78, 5) is 39.2. The number of likely N-dealkylation sites (N-methyl/N-ethyl adjacent to an activating group) is 1. The molecular weight excluding hydrogens is 412 g/mol. The van der Waals surface area contributed by atoms with Crippen molar-refractivity contribution in [2.24, 2.45) is 0 Å². The molecule has 1 unspecified atom stereocenters. The third-order valence-corrected chi connectivity index (χ3v) is 5.01. The number of hydrogen-bond acceptors (Lipinski definition) is 4. The van der Waals surface area contributed by atoms with Crippen molar-refractivity contribution >= 4 is 52.3 Å². The molecule has 0 radical (unpaired) electrons. The van der Waals surface area contributed by atoms with Crippen LogP contribution in [-0.2, 0) is 9.59 Å². The second-order valence-electron chi connectivity index (χ2n) is 6.32. The molecule has 1 saturated heterocycles. The molecule has 2 aromatic rings. The van der Waals surface area contributed by atoms with E-state index in [1.165, 1.54) is 9.91 Å². The Kier molecular flexibility index (Phi) is 6.46. The first-order chi connectivity index (χ1) is 13.9. The van der Waals surface area contributed by atoms with Crippen molar-refractivity contribution in [1.29, 1.82) is 0 Å². The molecule has 0 saturated carbocycles. The monoisotopic (exact) mass is 430 g/mol. The molecule has 150 valence electrons. The predicted octanol–water partition coefficient (Wildman–Crippen LogP) is 2.83. The minimum atomic E-state index is -0.936. The molecule has 0 aliphatic carbocycles. The number of hydrogen-bond donors (Lipinski definition) is 2. The fourth-order valence-electron chi connectivity index (χ4n) is 2.96. The summed E-state index contributed by atoms with van der Waals surface area (Å²) in [5.41, 5.74) is 3.59. The number of hydrazine groups is 1. The van der Waals surface area contributed by atoms with Crippen LogP contribution in [0.2, 0.25) is 5.02 Å². The second kappa shape index (κ2) is 9.02. The van der Waals surface area contributed by atoms with Gasteiger partial charge in [-0.3, -0.25) is 24.7 Å². The van der Waals surface area contributed by atoms with Crippen LogP contribution in [0.15, 0.2) is 54.6 Å². The number of nitrogens with one attached hydrogen (secondary N) is 2. The van der Waals surface area contributed by atoms with E-state index in [1.807, 2.05) is 0 Å². The fraction of sp³-hybridized carbons (Fsp3) is 0.200. The molecule has 0 aromatic heterocycles. The Bertz CT molecular complexity index is 954. The molecule has 1 atom stereocenters. The molecule has 29 heavy (non-hydrogen) atoms. The molecule has 0 bridgehead atoms. The topological polar surface area (TPSA) is 81.8 Å². The summed E-state index contributed by atoms with van der Waals surface area (Å²) in [6, 6.07) is 14.3. The minimum Gasteiger partial charge on any atom is -0.326 e. The Morgan fingerprint density at radius 3 is 2.52 bits per heavy atom. The van der Waals surface area contributed by atoms with Gasteiger partial charge in [0.1, 0.15) is 6.04 Å². The standard InChI is InChI=1S/C20H19ClN4O3S/c1-2-24-19(28)16(12-17(26)22-15-10-6-9-14(21)11-15)25(20(24)29)23-18(27)13-7-4-3-5-8-13/h3-11,16H,2,12H2,1H3,(H,22,26)(H,23,27). The molecule has 1 aliphatic heterocycles. The number of amides is 3. The van der Waals surface area contributed by atoms with Gasteiger partial charge < -0.3 is 5.32 Å². The van der Waals surface area contributed by atoms with E-state index < -0.39 is 17.9 Å². The number of nitrogens with zero attached hydrogens (tertiary/aromatic N) is 2. The van der Waals surface area contributed by atoms with E-state index in [9.17, 15) is 14.4 Å². The number of anilines is 1. The van der Waals surface area contributed by atoms with Crippen LogP contribution in [-0.4, -0.2) is 45.3 Å². The van der Waals surface area contributed by atoms with Gasteiger partial charge in [-0.05, 0) is 49.5 Å². The van der Waals surface area contributed by atoms with E-state index in [2.05, 4.69) is 10.7 Å². The van der Waals surface area contributed by atoms with Gasteiger partial charge in [-0.1, -0.05) is 35.9 Å². The third kappa shape index (κ3) is 4.72. The van der Waals surface area contributed by atoms with Gasteiger partial charge in [0.25, 0.3) is 11.8 Å². The lowest BCUT2D eigenvalue weighted by Gasteiger charge is -2.24. The maximum Gasteiger partial charge on any atom is 0.269 e. The molecule has 0 spiro atoms. The first-order valence-electron chi connectivity index (χ1n) is 8.96. The van der Waals surface area contributed by atoms with Crippen LogP contribution in [0.3, 0.4) is 0 Å². The molecule has 2 aromatic carbocycles. The van der Waals surface area contributed by atoms with Crippen molar-refractivity contribution in [1.82, 2.24) is 15.3 Å². The molecule has 1 fully saturated rings. The lowest BCUT2D eigenvalue weighted by atomic mass is 10.2. The normalized spacial score (nSPS) is 16.1. The molecule has 3 rings (SSSR count). The van der Waals surface area contributed by atoms with E-state index in [-0.39, 0.29) is 17.4 Å². The Morgan fingerprint density at radius 1 is 1.14 bits per heavy atom. The van der Waals surface area contributed by atoms with Crippen LogP contribution < -0.4 is 10.7 Å². The Balaban J connectivity index is 1.76. The second-order valence-corrected chi connectivity index (χ2v) is 7.12. The molecule has 3 amide bonds. The van der Waals surface area contributed by atoms with E-state index in [0.717, 1.165) is 0 Å². The summed E-state index contributed by atoms with van der Waals surface area (Å²) in [5.74, 6) is -1.16. The smallest absolute Gasteiger partial charge is 0.269 e. The highest BCUT2D eigenvalue weighted by Crippen LogP contribution is 2.21. The molecule has 1 heterocycles. The summed E-state index contributed by atoms with van der Waals surface area (Å²) in [6.45, 7) is 2.11. The summed E-state index contributed by atoms with van der Waals surface area (Å²) in [6.07, 6.45) is -0.183. The van der Waals surface area contributed by atoms with Crippen LogP contribution in [0.5, 0.6) is 0 Å². The van der Waals surface area contributed by atoms with E-state index in [4.69, 9.17) is 23.8 Å².